The van der Waals surface area contributed by atoms with Crippen molar-refractivity contribution < 1.29 is 4.79 Å². The van der Waals surface area contributed by atoms with Crippen LogP contribution in [0.25, 0.3) is 0 Å². The number of thiophene rings is 1. The lowest BCUT2D eigenvalue weighted by Gasteiger charge is -2.36. The molecule has 3 heterocycles. The molecule has 0 saturated heterocycles. The summed E-state index contributed by atoms with van der Waals surface area (Å²) >= 11 is 1.76. The molecule has 1 N–H and O–H groups in total. The summed E-state index contributed by atoms with van der Waals surface area (Å²) in [5, 5.41) is 9.83. The van der Waals surface area contributed by atoms with Crippen molar-refractivity contribution in [1.29, 1.82) is 0 Å². The van der Waals surface area contributed by atoms with Gasteiger partial charge in [-0.2, -0.15) is 5.10 Å². The van der Waals surface area contributed by atoms with Crippen molar-refractivity contribution in [1.82, 2.24) is 20.0 Å². The summed E-state index contributed by atoms with van der Waals surface area (Å²) in [7, 11) is 0. The zero-order valence-electron chi connectivity index (χ0n) is 16.0. The Morgan fingerprint density at radius 1 is 1.26 bits per heavy atom. The summed E-state index contributed by atoms with van der Waals surface area (Å²) in [6.07, 6.45) is 9.34. The first-order valence-corrected chi connectivity index (χ1v) is 11.2. The minimum Gasteiger partial charge on any atom is -0.350 e. The lowest BCUT2D eigenvalue weighted by atomic mass is 9.94. The molecule has 5 nitrogen and oxygen atoms in total. The molecule has 146 valence electrons. The third-order valence-corrected chi connectivity index (χ3v) is 6.78. The molecular weight excluding hydrogens is 356 g/mol. The van der Waals surface area contributed by atoms with Gasteiger partial charge >= 0.3 is 0 Å². The van der Waals surface area contributed by atoms with Gasteiger partial charge in [-0.25, -0.2) is 0 Å². The van der Waals surface area contributed by atoms with Crippen molar-refractivity contribution in [2.75, 3.05) is 6.54 Å². The number of fused-ring (bicyclic) bond motifs is 1. The smallest absolute Gasteiger partial charge is 0.220 e. The zero-order valence-corrected chi connectivity index (χ0v) is 16.8. The van der Waals surface area contributed by atoms with Crippen LogP contribution in [0.1, 0.15) is 61.2 Å². The number of amides is 1. The fraction of sp³-hybridized carbons (Fsp3) is 0.619. The number of hydrogen-bond donors (Lipinski definition) is 1. The second-order valence-corrected chi connectivity index (χ2v) is 8.85. The highest BCUT2D eigenvalue weighted by Gasteiger charge is 2.25. The van der Waals surface area contributed by atoms with E-state index >= 15 is 0 Å². The van der Waals surface area contributed by atoms with Crippen molar-refractivity contribution in [3.63, 3.8) is 0 Å². The molecule has 1 fully saturated rings. The number of carbonyl (C=O) groups excluding carboxylic acids is 1. The normalized spacial score (nSPS) is 18.4. The Bertz CT molecular complexity index is 733. The second kappa shape index (κ2) is 9.02. The number of hydrogen-bond acceptors (Lipinski definition) is 4. The summed E-state index contributed by atoms with van der Waals surface area (Å²) in [6.45, 7) is 3.63. The van der Waals surface area contributed by atoms with Gasteiger partial charge in [0.25, 0.3) is 0 Å². The molecule has 0 unspecified atom stereocenters. The molecule has 0 aromatic carbocycles. The molecule has 6 heteroatoms. The molecule has 2 aromatic rings. The standard InChI is InChI=1S/C21H30N4OS/c26-21(10-4-8-20-9-5-13-27-20)22-15-17-14-19-16-24(11-12-25(19)23-17)18-6-2-1-3-7-18/h5,9,13-14,18H,1-4,6-8,10-12,15-16H2,(H,22,26). The number of carbonyl (C=O) groups is 1. The van der Waals surface area contributed by atoms with Gasteiger partial charge in [0.05, 0.1) is 24.5 Å². The summed E-state index contributed by atoms with van der Waals surface area (Å²) in [4.78, 5) is 16.1. The monoisotopic (exact) mass is 386 g/mol. The van der Waals surface area contributed by atoms with Crippen LogP contribution in [0.4, 0.5) is 0 Å². The number of aromatic nitrogens is 2. The summed E-state index contributed by atoms with van der Waals surface area (Å²) in [5.41, 5.74) is 2.29. The van der Waals surface area contributed by atoms with Crippen LogP contribution < -0.4 is 5.32 Å². The van der Waals surface area contributed by atoms with E-state index in [0.29, 0.717) is 13.0 Å². The van der Waals surface area contributed by atoms with E-state index in [2.05, 4.69) is 38.5 Å². The summed E-state index contributed by atoms with van der Waals surface area (Å²) in [6, 6.07) is 7.14. The van der Waals surface area contributed by atoms with Crippen molar-refractivity contribution in [2.45, 2.75) is 77.0 Å². The third kappa shape index (κ3) is 4.99. The quantitative estimate of drug-likeness (QED) is 0.789. The first kappa shape index (κ1) is 18.7. The molecular formula is C21H30N4OS. The highest BCUT2D eigenvalue weighted by molar-refractivity contribution is 7.09. The van der Waals surface area contributed by atoms with Gasteiger partial charge in [-0.1, -0.05) is 25.3 Å². The molecule has 1 aliphatic heterocycles. The summed E-state index contributed by atoms with van der Waals surface area (Å²) in [5.74, 6) is 0.126. The van der Waals surface area contributed by atoms with Gasteiger partial charge in [-0.05, 0) is 43.2 Å². The van der Waals surface area contributed by atoms with E-state index in [0.717, 1.165) is 44.2 Å². The molecule has 1 saturated carbocycles. The number of aryl methyl sites for hydroxylation is 1. The zero-order chi connectivity index (χ0) is 18.5. The van der Waals surface area contributed by atoms with Crippen LogP contribution in [0.15, 0.2) is 23.6 Å². The Hall–Kier alpha value is -1.66. The van der Waals surface area contributed by atoms with E-state index in [1.54, 1.807) is 11.3 Å². The van der Waals surface area contributed by atoms with E-state index in [1.165, 1.54) is 42.7 Å². The minimum absolute atomic E-state index is 0.126. The average molecular weight is 387 g/mol. The maximum absolute atomic E-state index is 12.1. The molecule has 2 aromatic heterocycles. The molecule has 0 spiro atoms. The number of nitrogens with one attached hydrogen (secondary N) is 1. The minimum atomic E-state index is 0.126. The molecule has 27 heavy (non-hydrogen) atoms. The maximum Gasteiger partial charge on any atom is 0.220 e. The Balaban J connectivity index is 1.22. The Labute approximate surface area is 165 Å². The van der Waals surface area contributed by atoms with E-state index < -0.39 is 0 Å². The SMILES string of the molecule is O=C(CCCc1cccs1)NCc1cc2n(n1)CCN(C1CCCCC1)C2. The van der Waals surface area contributed by atoms with E-state index in [1.807, 2.05) is 0 Å². The van der Waals surface area contributed by atoms with Crippen LogP contribution in [-0.4, -0.2) is 33.2 Å². The van der Waals surface area contributed by atoms with Crippen LogP contribution >= 0.6 is 11.3 Å². The second-order valence-electron chi connectivity index (χ2n) is 7.82. The highest BCUT2D eigenvalue weighted by atomic mass is 32.1. The Morgan fingerprint density at radius 2 is 2.15 bits per heavy atom. The van der Waals surface area contributed by atoms with Crippen molar-refractivity contribution in [3.05, 3.63) is 39.8 Å². The lowest BCUT2D eigenvalue weighted by Crippen LogP contribution is -2.42. The molecule has 4 rings (SSSR count). The predicted octanol–water partition coefficient (Wildman–Crippen LogP) is 3.73. The van der Waals surface area contributed by atoms with Gasteiger partial charge in [0, 0.05) is 30.4 Å². The van der Waals surface area contributed by atoms with E-state index in [-0.39, 0.29) is 5.91 Å². The van der Waals surface area contributed by atoms with Gasteiger partial charge in [0.15, 0.2) is 0 Å². The van der Waals surface area contributed by atoms with E-state index in [4.69, 9.17) is 5.10 Å². The van der Waals surface area contributed by atoms with Crippen molar-refractivity contribution in [3.8, 4) is 0 Å². The molecule has 1 amide bonds. The van der Waals surface area contributed by atoms with Gasteiger partial charge in [0.2, 0.25) is 5.91 Å². The van der Waals surface area contributed by atoms with Gasteiger partial charge in [0.1, 0.15) is 0 Å². The third-order valence-electron chi connectivity index (χ3n) is 5.84. The fourth-order valence-electron chi connectivity index (χ4n) is 4.35. The Kier molecular flexibility index (Phi) is 6.24. The van der Waals surface area contributed by atoms with Crippen LogP contribution in [0.2, 0.25) is 0 Å². The topological polar surface area (TPSA) is 50.2 Å². The van der Waals surface area contributed by atoms with Crippen LogP contribution in [-0.2, 0) is 30.8 Å². The molecule has 2 aliphatic rings. The molecule has 1 aliphatic carbocycles. The fourth-order valence-corrected chi connectivity index (χ4v) is 5.10. The molecule has 0 bridgehead atoms. The highest BCUT2D eigenvalue weighted by Crippen LogP contribution is 2.26. The molecule has 0 atom stereocenters. The van der Waals surface area contributed by atoms with Crippen LogP contribution in [0.3, 0.4) is 0 Å². The lowest BCUT2D eigenvalue weighted by molar-refractivity contribution is -0.121. The average Bonchev–Trinajstić information content (AvgIpc) is 3.36. The van der Waals surface area contributed by atoms with Gasteiger partial charge < -0.3 is 5.32 Å². The van der Waals surface area contributed by atoms with E-state index in [9.17, 15) is 4.79 Å². The van der Waals surface area contributed by atoms with Gasteiger partial charge in [-0.3, -0.25) is 14.4 Å². The molecule has 0 radical (unpaired) electrons. The predicted molar refractivity (Wildman–Crippen MR) is 109 cm³/mol. The Morgan fingerprint density at radius 3 is 2.96 bits per heavy atom. The van der Waals surface area contributed by atoms with Crippen molar-refractivity contribution in [2.24, 2.45) is 0 Å². The maximum atomic E-state index is 12.1. The number of nitrogens with zero attached hydrogens (tertiary/aromatic N) is 3. The summed E-state index contributed by atoms with van der Waals surface area (Å²) < 4.78 is 2.14. The van der Waals surface area contributed by atoms with Gasteiger partial charge in [-0.15, -0.1) is 11.3 Å². The first-order chi connectivity index (χ1) is 13.3. The van der Waals surface area contributed by atoms with Crippen molar-refractivity contribution >= 4 is 17.2 Å². The first-order valence-electron chi connectivity index (χ1n) is 10.4. The van der Waals surface area contributed by atoms with Crippen LogP contribution in [0, 0.1) is 0 Å². The van der Waals surface area contributed by atoms with Crippen LogP contribution in [0.5, 0.6) is 0 Å². The number of rotatable bonds is 7. The largest absolute Gasteiger partial charge is 0.350 e.